The zero-order valence-corrected chi connectivity index (χ0v) is 15.8. The summed E-state index contributed by atoms with van der Waals surface area (Å²) < 4.78 is 10.2. The lowest BCUT2D eigenvalue weighted by Gasteiger charge is -2.07. The third-order valence-electron chi connectivity index (χ3n) is 3.87. The molecule has 2 rings (SSSR count). The Hall–Kier alpha value is -3.15. The molecule has 0 bridgehead atoms. The van der Waals surface area contributed by atoms with Crippen molar-refractivity contribution in [2.24, 2.45) is 5.10 Å². The molecule has 1 N–H and O–H groups in total. The van der Waals surface area contributed by atoms with E-state index in [9.17, 15) is 9.59 Å². The van der Waals surface area contributed by atoms with Gasteiger partial charge in [-0.1, -0.05) is 12.1 Å². The number of methoxy groups -OCH3 is 1. The van der Waals surface area contributed by atoms with Crippen LogP contribution >= 0.6 is 0 Å². The number of esters is 1. The van der Waals surface area contributed by atoms with Crippen molar-refractivity contribution in [1.82, 2.24) is 5.43 Å². The number of nitrogens with zero attached hydrogens (tertiary/aromatic N) is 1. The topological polar surface area (TPSA) is 77.0 Å². The van der Waals surface area contributed by atoms with Crippen LogP contribution in [-0.2, 0) is 16.0 Å². The molecule has 0 saturated heterocycles. The zero-order valence-electron chi connectivity index (χ0n) is 15.8. The van der Waals surface area contributed by atoms with Crippen molar-refractivity contribution in [2.45, 2.75) is 33.1 Å². The van der Waals surface area contributed by atoms with E-state index in [2.05, 4.69) is 16.6 Å². The molecule has 0 saturated carbocycles. The summed E-state index contributed by atoms with van der Waals surface area (Å²) >= 11 is 0. The Morgan fingerprint density at radius 1 is 1.15 bits per heavy atom. The van der Waals surface area contributed by atoms with Crippen molar-refractivity contribution in [2.75, 3.05) is 7.11 Å². The fraction of sp³-hybridized carbons (Fsp3) is 0.286. The monoisotopic (exact) mass is 368 g/mol. The first-order chi connectivity index (χ1) is 13.0. The highest BCUT2D eigenvalue weighted by molar-refractivity contribution is 5.82. The second-order valence-corrected chi connectivity index (χ2v) is 6.11. The summed E-state index contributed by atoms with van der Waals surface area (Å²) in [5.41, 5.74) is 5.58. The Labute approximate surface area is 159 Å². The molecular weight excluding hydrogens is 344 g/mol. The number of hydrogen-bond donors (Lipinski definition) is 1. The highest BCUT2D eigenvalue weighted by Gasteiger charge is 2.03. The van der Waals surface area contributed by atoms with Crippen molar-refractivity contribution >= 4 is 18.1 Å². The lowest BCUT2D eigenvalue weighted by Crippen LogP contribution is -2.17. The number of amides is 1. The van der Waals surface area contributed by atoms with Crippen LogP contribution in [0.1, 0.15) is 36.5 Å². The predicted octanol–water partition coefficient (Wildman–Crippen LogP) is 3.40. The molecule has 0 spiro atoms. The van der Waals surface area contributed by atoms with Crippen molar-refractivity contribution in [3.05, 3.63) is 59.2 Å². The fourth-order valence-corrected chi connectivity index (χ4v) is 2.57. The second-order valence-electron chi connectivity index (χ2n) is 6.11. The highest BCUT2D eigenvalue weighted by atomic mass is 16.5. The normalized spacial score (nSPS) is 10.6. The maximum absolute atomic E-state index is 11.9. The van der Waals surface area contributed by atoms with Crippen LogP contribution in [0, 0.1) is 6.92 Å². The summed E-state index contributed by atoms with van der Waals surface area (Å²) in [5.74, 6) is 0.839. The summed E-state index contributed by atoms with van der Waals surface area (Å²) in [7, 11) is 1.65. The number of hydrogen-bond acceptors (Lipinski definition) is 5. The molecule has 0 aliphatic carbocycles. The number of ether oxygens (including phenoxy) is 2. The molecule has 27 heavy (non-hydrogen) atoms. The average molecular weight is 368 g/mol. The molecule has 0 aliphatic heterocycles. The number of hydrazone groups is 1. The summed E-state index contributed by atoms with van der Waals surface area (Å²) in [4.78, 5) is 22.7. The van der Waals surface area contributed by atoms with E-state index >= 15 is 0 Å². The molecule has 0 heterocycles. The molecule has 0 unspecified atom stereocenters. The maximum atomic E-state index is 11.9. The van der Waals surface area contributed by atoms with Gasteiger partial charge in [0.25, 0.3) is 0 Å². The van der Waals surface area contributed by atoms with Gasteiger partial charge in [-0.3, -0.25) is 9.59 Å². The zero-order chi connectivity index (χ0) is 19.6. The summed E-state index contributed by atoms with van der Waals surface area (Å²) in [5, 5.41) is 3.95. The first-order valence-corrected chi connectivity index (χ1v) is 8.72. The van der Waals surface area contributed by atoms with Crippen LogP contribution in [0.3, 0.4) is 0 Å². The third-order valence-corrected chi connectivity index (χ3v) is 3.87. The molecule has 0 aromatic heterocycles. The van der Waals surface area contributed by atoms with Crippen LogP contribution in [-0.4, -0.2) is 25.2 Å². The van der Waals surface area contributed by atoms with Crippen LogP contribution in [0.4, 0.5) is 0 Å². The van der Waals surface area contributed by atoms with E-state index in [1.165, 1.54) is 12.5 Å². The smallest absolute Gasteiger partial charge is 0.308 e. The SMILES string of the molecule is COc1ccc(CCCC(=O)NN=Cc2ccc(OC(C)=O)cc2)cc1C. The van der Waals surface area contributed by atoms with E-state index in [-0.39, 0.29) is 11.9 Å². The molecule has 142 valence electrons. The quantitative estimate of drug-likeness (QED) is 0.335. The third kappa shape index (κ3) is 6.93. The van der Waals surface area contributed by atoms with Gasteiger partial charge in [-0.05, 0) is 66.8 Å². The minimum absolute atomic E-state index is 0.131. The first-order valence-electron chi connectivity index (χ1n) is 8.72. The van der Waals surface area contributed by atoms with Gasteiger partial charge in [-0.2, -0.15) is 5.10 Å². The molecule has 6 heteroatoms. The maximum Gasteiger partial charge on any atom is 0.308 e. The van der Waals surface area contributed by atoms with Gasteiger partial charge in [0.2, 0.25) is 5.91 Å². The van der Waals surface area contributed by atoms with E-state index in [0.717, 1.165) is 29.7 Å². The number of nitrogens with one attached hydrogen (secondary N) is 1. The van der Waals surface area contributed by atoms with Gasteiger partial charge in [0.1, 0.15) is 11.5 Å². The molecule has 0 fully saturated rings. The number of carbonyl (C=O) groups excluding carboxylic acids is 2. The van der Waals surface area contributed by atoms with Crippen molar-refractivity contribution in [3.63, 3.8) is 0 Å². The molecular formula is C21H24N2O4. The Kier molecular flexibility index (Phi) is 7.55. The molecule has 0 aliphatic rings. The Balaban J connectivity index is 1.73. The van der Waals surface area contributed by atoms with Crippen LogP contribution in [0.15, 0.2) is 47.6 Å². The second kappa shape index (κ2) is 10.1. The lowest BCUT2D eigenvalue weighted by molar-refractivity contribution is -0.131. The summed E-state index contributed by atoms with van der Waals surface area (Å²) in [6, 6.07) is 12.9. The van der Waals surface area contributed by atoms with Crippen LogP contribution < -0.4 is 14.9 Å². The number of carbonyl (C=O) groups is 2. The van der Waals surface area contributed by atoms with E-state index in [1.54, 1.807) is 37.6 Å². The van der Waals surface area contributed by atoms with Gasteiger partial charge in [0.05, 0.1) is 13.3 Å². The number of aryl methyl sites for hydroxylation is 2. The largest absolute Gasteiger partial charge is 0.496 e. The van der Waals surface area contributed by atoms with Gasteiger partial charge in [-0.25, -0.2) is 5.43 Å². The minimum atomic E-state index is -0.367. The Morgan fingerprint density at radius 2 is 1.89 bits per heavy atom. The molecule has 2 aromatic carbocycles. The van der Waals surface area contributed by atoms with Gasteiger partial charge < -0.3 is 9.47 Å². The van der Waals surface area contributed by atoms with E-state index in [1.807, 2.05) is 19.1 Å². The molecule has 2 aromatic rings. The highest BCUT2D eigenvalue weighted by Crippen LogP contribution is 2.19. The average Bonchev–Trinajstić information content (AvgIpc) is 2.63. The van der Waals surface area contributed by atoms with Gasteiger partial charge in [0.15, 0.2) is 0 Å². The Morgan fingerprint density at radius 3 is 2.52 bits per heavy atom. The molecule has 0 radical (unpaired) electrons. The van der Waals surface area contributed by atoms with Gasteiger partial charge in [0, 0.05) is 13.3 Å². The van der Waals surface area contributed by atoms with Crippen LogP contribution in [0.2, 0.25) is 0 Å². The first kappa shape index (κ1) is 20.2. The van der Waals surface area contributed by atoms with Gasteiger partial charge >= 0.3 is 5.97 Å². The van der Waals surface area contributed by atoms with Crippen LogP contribution in [0.25, 0.3) is 0 Å². The summed E-state index contributed by atoms with van der Waals surface area (Å²) in [6.45, 7) is 3.35. The minimum Gasteiger partial charge on any atom is -0.496 e. The van der Waals surface area contributed by atoms with Crippen molar-refractivity contribution in [1.29, 1.82) is 0 Å². The standard InChI is InChI=1S/C21H24N2O4/c1-15-13-17(9-12-20(15)26-3)5-4-6-21(25)23-22-14-18-7-10-19(11-8-18)27-16(2)24/h7-14H,4-6H2,1-3H3,(H,23,25). The summed E-state index contributed by atoms with van der Waals surface area (Å²) in [6.07, 6.45) is 3.50. The fourth-order valence-electron chi connectivity index (χ4n) is 2.57. The lowest BCUT2D eigenvalue weighted by atomic mass is 10.1. The van der Waals surface area contributed by atoms with Gasteiger partial charge in [-0.15, -0.1) is 0 Å². The van der Waals surface area contributed by atoms with E-state index in [4.69, 9.17) is 9.47 Å². The van der Waals surface area contributed by atoms with Crippen molar-refractivity contribution in [3.8, 4) is 11.5 Å². The predicted molar refractivity (Wildman–Crippen MR) is 104 cm³/mol. The molecule has 0 atom stereocenters. The molecule has 1 amide bonds. The Bertz CT molecular complexity index is 813. The van der Waals surface area contributed by atoms with Crippen LogP contribution in [0.5, 0.6) is 11.5 Å². The molecule has 6 nitrogen and oxygen atoms in total. The van der Waals surface area contributed by atoms with E-state index < -0.39 is 0 Å². The number of rotatable bonds is 8. The van der Waals surface area contributed by atoms with Crippen molar-refractivity contribution < 1.29 is 19.1 Å². The van der Waals surface area contributed by atoms with E-state index in [0.29, 0.717) is 12.2 Å². The number of benzene rings is 2.